The molecule has 2 amide bonds. The average molecular weight is 276 g/mol. The molecule has 2 N–H and O–H groups in total. The van der Waals surface area contributed by atoms with Crippen molar-refractivity contribution in [2.75, 3.05) is 26.0 Å². The van der Waals surface area contributed by atoms with Crippen molar-refractivity contribution in [1.82, 2.24) is 10.6 Å². The van der Waals surface area contributed by atoms with E-state index in [9.17, 15) is 9.59 Å². The SMILES string of the molecule is CSOCC(=O)NCCCCCNC(=O)C(C)C. The molecular weight excluding hydrogens is 252 g/mol. The molecule has 0 aromatic carbocycles. The van der Waals surface area contributed by atoms with Crippen LogP contribution in [0.3, 0.4) is 0 Å². The number of nitrogens with one attached hydrogen (secondary N) is 2. The third kappa shape index (κ3) is 10.4. The molecule has 0 fully saturated rings. The standard InChI is InChI=1S/C12H24N2O3S/c1-10(2)12(16)14-8-6-4-5-7-13-11(15)9-17-18-3/h10H,4-9H2,1-3H3,(H,13,15)(H,14,16). The van der Waals surface area contributed by atoms with E-state index in [4.69, 9.17) is 4.18 Å². The van der Waals surface area contributed by atoms with Crippen LogP contribution in [0, 0.1) is 5.92 Å². The number of carbonyl (C=O) groups excluding carboxylic acids is 2. The Morgan fingerprint density at radius 3 is 2.28 bits per heavy atom. The fraction of sp³-hybridized carbons (Fsp3) is 0.833. The number of carbonyl (C=O) groups is 2. The zero-order valence-electron chi connectivity index (χ0n) is 11.5. The topological polar surface area (TPSA) is 67.4 Å². The third-order valence-electron chi connectivity index (χ3n) is 2.31. The molecule has 0 atom stereocenters. The highest BCUT2D eigenvalue weighted by molar-refractivity contribution is 7.93. The van der Waals surface area contributed by atoms with Crippen LogP contribution in [0.4, 0.5) is 0 Å². The minimum atomic E-state index is -0.0857. The van der Waals surface area contributed by atoms with E-state index in [-0.39, 0.29) is 24.3 Å². The normalized spacial score (nSPS) is 10.4. The van der Waals surface area contributed by atoms with Gasteiger partial charge in [-0.05, 0) is 31.3 Å². The van der Waals surface area contributed by atoms with Gasteiger partial charge >= 0.3 is 0 Å². The molecule has 0 saturated carbocycles. The molecule has 5 nitrogen and oxygen atoms in total. The Kier molecular flexibility index (Phi) is 10.9. The first-order valence-corrected chi connectivity index (χ1v) is 7.43. The second-order valence-electron chi connectivity index (χ2n) is 4.29. The third-order valence-corrected chi connectivity index (χ3v) is 2.66. The molecule has 0 aliphatic carbocycles. The number of hydrogen-bond acceptors (Lipinski definition) is 4. The summed E-state index contributed by atoms with van der Waals surface area (Å²) in [6.45, 7) is 5.23. The number of hydrogen-bond donors (Lipinski definition) is 2. The zero-order valence-corrected chi connectivity index (χ0v) is 12.3. The maximum Gasteiger partial charge on any atom is 0.247 e. The summed E-state index contributed by atoms with van der Waals surface area (Å²) >= 11 is 1.18. The summed E-state index contributed by atoms with van der Waals surface area (Å²) in [5.41, 5.74) is 0. The molecule has 6 heteroatoms. The molecule has 0 aromatic rings. The molecule has 0 spiro atoms. The molecule has 0 unspecified atom stereocenters. The van der Waals surface area contributed by atoms with Crippen LogP contribution in [-0.4, -0.2) is 37.8 Å². The Balaban J connectivity index is 3.26. The van der Waals surface area contributed by atoms with E-state index in [0.29, 0.717) is 13.1 Å². The second kappa shape index (κ2) is 11.3. The van der Waals surface area contributed by atoms with Gasteiger partial charge in [-0.15, -0.1) is 0 Å². The van der Waals surface area contributed by atoms with E-state index in [1.54, 1.807) is 6.26 Å². The van der Waals surface area contributed by atoms with Crippen molar-refractivity contribution in [3.63, 3.8) is 0 Å². The van der Waals surface area contributed by atoms with Gasteiger partial charge in [0.25, 0.3) is 0 Å². The molecule has 0 aromatic heterocycles. The highest BCUT2D eigenvalue weighted by Gasteiger charge is 2.04. The van der Waals surface area contributed by atoms with Gasteiger partial charge in [0.2, 0.25) is 11.8 Å². The molecule has 0 heterocycles. The second-order valence-corrected chi connectivity index (χ2v) is 4.85. The van der Waals surface area contributed by atoms with Gasteiger partial charge in [0.05, 0.1) is 0 Å². The van der Waals surface area contributed by atoms with Crippen molar-refractivity contribution in [3.8, 4) is 0 Å². The quantitative estimate of drug-likeness (QED) is 0.467. The Morgan fingerprint density at radius 2 is 1.72 bits per heavy atom. The fourth-order valence-electron chi connectivity index (χ4n) is 1.23. The van der Waals surface area contributed by atoms with Crippen molar-refractivity contribution >= 4 is 23.9 Å². The molecule has 0 rings (SSSR count). The van der Waals surface area contributed by atoms with E-state index in [1.165, 1.54) is 12.0 Å². The van der Waals surface area contributed by atoms with Crippen molar-refractivity contribution in [3.05, 3.63) is 0 Å². The van der Waals surface area contributed by atoms with Gasteiger partial charge in [0.15, 0.2) is 0 Å². The van der Waals surface area contributed by atoms with E-state index in [2.05, 4.69) is 10.6 Å². The van der Waals surface area contributed by atoms with Gasteiger partial charge in [-0.1, -0.05) is 13.8 Å². The largest absolute Gasteiger partial charge is 0.356 e. The number of amides is 2. The molecular formula is C12H24N2O3S. The molecule has 106 valence electrons. The Morgan fingerprint density at radius 1 is 1.11 bits per heavy atom. The summed E-state index contributed by atoms with van der Waals surface area (Å²) in [5.74, 6) is 0.0516. The minimum absolute atomic E-state index is 0.0423. The highest BCUT2D eigenvalue weighted by Crippen LogP contribution is 1.96. The van der Waals surface area contributed by atoms with Crippen molar-refractivity contribution in [1.29, 1.82) is 0 Å². The van der Waals surface area contributed by atoms with Crippen LogP contribution in [0.1, 0.15) is 33.1 Å². The fourth-order valence-corrected chi connectivity index (χ4v) is 1.46. The minimum Gasteiger partial charge on any atom is -0.356 e. The van der Waals surface area contributed by atoms with Crippen LogP contribution in [0.25, 0.3) is 0 Å². The van der Waals surface area contributed by atoms with Gasteiger partial charge in [-0.2, -0.15) is 0 Å². The first kappa shape index (κ1) is 17.2. The lowest BCUT2D eigenvalue weighted by Crippen LogP contribution is -2.29. The smallest absolute Gasteiger partial charge is 0.247 e. The van der Waals surface area contributed by atoms with Crippen molar-refractivity contribution in [2.24, 2.45) is 5.92 Å². The molecule has 0 aliphatic heterocycles. The van der Waals surface area contributed by atoms with Crippen LogP contribution in [-0.2, 0) is 13.8 Å². The lowest BCUT2D eigenvalue weighted by Gasteiger charge is -2.07. The van der Waals surface area contributed by atoms with E-state index in [1.807, 2.05) is 13.8 Å². The van der Waals surface area contributed by atoms with Crippen molar-refractivity contribution < 1.29 is 13.8 Å². The highest BCUT2D eigenvalue weighted by atomic mass is 32.2. The van der Waals surface area contributed by atoms with E-state index >= 15 is 0 Å². The number of unbranched alkanes of at least 4 members (excludes halogenated alkanes) is 2. The molecule has 18 heavy (non-hydrogen) atoms. The predicted octanol–water partition coefficient (Wildman–Crippen LogP) is 1.34. The van der Waals surface area contributed by atoms with E-state index < -0.39 is 0 Å². The molecule has 0 aliphatic rings. The van der Waals surface area contributed by atoms with Gasteiger partial charge in [0.1, 0.15) is 6.61 Å². The van der Waals surface area contributed by atoms with Crippen LogP contribution < -0.4 is 10.6 Å². The van der Waals surface area contributed by atoms with Gasteiger partial charge in [0, 0.05) is 25.3 Å². The maximum atomic E-state index is 11.2. The summed E-state index contributed by atoms with van der Waals surface area (Å²) < 4.78 is 4.90. The zero-order chi connectivity index (χ0) is 13.8. The van der Waals surface area contributed by atoms with Crippen molar-refractivity contribution in [2.45, 2.75) is 33.1 Å². The Bertz CT molecular complexity index is 247. The summed E-state index contributed by atoms with van der Waals surface area (Å²) in [6, 6.07) is 0. The number of rotatable bonds is 10. The summed E-state index contributed by atoms with van der Waals surface area (Å²) in [6.07, 6.45) is 4.62. The monoisotopic (exact) mass is 276 g/mol. The Labute approximate surface area is 114 Å². The summed E-state index contributed by atoms with van der Waals surface area (Å²) in [4.78, 5) is 22.4. The predicted molar refractivity (Wildman–Crippen MR) is 74.2 cm³/mol. The lowest BCUT2D eigenvalue weighted by molar-refractivity contribution is -0.124. The maximum absolute atomic E-state index is 11.2. The average Bonchev–Trinajstić information content (AvgIpc) is 2.34. The lowest BCUT2D eigenvalue weighted by atomic mass is 10.2. The molecule has 0 saturated heterocycles. The van der Waals surface area contributed by atoms with Crippen LogP contribution >= 0.6 is 12.0 Å². The summed E-state index contributed by atoms with van der Waals surface area (Å²) in [5, 5.41) is 5.63. The summed E-state index contributed by atoms with van der Waals surface area (Å²) in [7, 11) is 0. The van der Waals surface area contributed by atoms with Gasteiger partial charge in [-0.25, -0.2) is 0 Å². The van der Waals surface area contributed by atoms with E-state index in [0.717, 1.165) is 19.3 Å². The van der Waals surface area contributed by atoms with Crippen LogP contribution in [0.2, 0.25) is 0 Å². The van der Waals surface area contributed by atoms with Crippen LogP contribution in [0.5, 0.6) is 0 Å². The van der Waals surface area contributed by atoms with Gasteiger partial charge < -0.3 is 14.8 Å². The Hall–Kier alpha value is -0.750. The first-order chi connectivity index (χ1) is 8.57. The first-order valence-electron chi connectivity index (χ1n) is 6.28. The molecule has 0 radical (unpaired) electrons. The van der Waals surface area contributed by atoms with Gasteiger partial charge in [-0.3, -0.25) is 9.59 Å². The van der Waals surface area contributed by atoms with Crippen LogP contribution in [0.15, 0.2) is 0 Å². The molecule has 0 bridgehead atoms.